The van der Waals surface area contributed by atoms with Gasteiger partial charge in [-0.3, -0.25) is 19.3 Å². The van der Waals surface area contributed by atoms with Gasteiger partial charge in [0.15, 0.2) is 6.61 Å². The van der Waals surface area contributed by atoms with Crippen LogP contribution >= 0.6 is 0 Å². The minimum atomic E-state index is -1.20. The number of imide groups is 1. The second-order valence-electron chi connectivity index (χ2n) is 5.87. The number of carbonyl (C=O) groups is 4. The third-order valence-corrected chi connectivity index (χ3v) is 4.01. The number of anilines is 1. The number of hydrogen-bond acceptors (Lipinski definition) is 5. The fourth-order valence-electron chi connectivity index (χ4n) is 2.69. The van der Waals surface area contributed by atoms with Gasteiger partial charge in [0.1, 0.15) is 11.9 Å². The Labute approximate surface area is 153 Å². The van der Waals surface area contributed by atoms with Crippen LogP contribution < -0.4 is 5.32 Å². The number of halogens is 1. The highest BCUT2D eigenvalue weighted by atomic mass is 19.1. The molecule has 3 rings (SSSR count). The topological polar surface area (TPSA) is 92.8 Å². The highest BCUT2D eigenvalue weighted by molar-refractivity contribution is 6.22. The van der Waals surface area contributed by atoms with Crippen LogP contribution in [0.3, 0.4) is 0 Å². The number of amides is 3. The van der Waals surface area contributed by atoms with Crippen molar-refractivity contribution in [1.82, 2.24) is 4.90 Å². The Morgan fingerprint density at radius 3 is 2.30 bits per heavy atom. The maximum absolute atomic E-state index is 13.1. The molecule has 1 aliphatic heterocycles. The maximum Gasteiger partial charge on any atom is 0.329 e. The van der Waals surface area contributed by atoms with Crippen LogP contribution in [-0.2, 0) is 14.3 Å². The molecule has 8 heteroatoms. The van der Waals surface area contributed by atoms with E-state index in [0.29, 0.717) is 0 Å². The molecule has 0 radical (unpaired) electrons. The van der Waals surface area contributed by atoms with Crippen molar-refractivity contribution >= 4 is 29.4 Å². The van der Waals surface area contributed by atoms with E-state index in [1.807, 2.05) is 0 Å². The van der Waals surface area contributed by atoms with Gasteiger partial charge < -0.3 is 10.1 Å². The van der Waals surface area contributed by atoms with Crippen LogP contribution in [-0.4, -0.2) is 41.2 Å². The molecule has 0 aliphatic carbocycles. The second kappa shape index (κ2) is 7.36. The summed E-state index contributed by atoms with van der Waals surface area (Å²) in [5.41, 5.74) is 0.640. The number of ether oxygens (including phenoxy) is 1. The molecule has 1 aliphatic rings. The molecule has 2 aromatic rings. The van der Waals surface area contributed by atoms with Crippen LogP contribution in [0.5, 0.6) is 0 Å². The van der Waals surface area contributed by atoms with Gasteiger partial charge in [0.2, 0.25) is 0 Å². The van der Waals surface area contributed by atoms with Crippen LogP contribution in [0, 0.1) is 5.82 Å². The molecule has 0 bridgehead atoms. The lowest BCUT2D eigenvalue weighted by Crippen LogP contribution is -2.44. The molecule has 138 valence electrons. The van der Waals surface area contributed by atoms with Crippen LogP contribution in [0.15, 0.2) is 48.5 Å². The minimum absolute atomic E-state index is 0.212. The molecular weight excluding hydrogens is 355 g/mol. The Morgan fingerprint density at radius 1 is 1.07 bits per heavy atom. The van der Waals surface area contributed by atoms with Crippen molar-refractivity contribution in [2.45, 2.75) is 13.0 Å². The predicted octanol–water partition coefficient (Wildman–Crippen LogP) is 1.99. The molecule has 3 amide bonds. The summed E-state index contributed by atoms with van der Waals surface area (Å²) >= 11 is 0. The largest absolute Gasteiger partial charge is 0.454 e. The van der Waals surface area contributed by atoms with E-state index in [9.17, 15) is 23.6 Å². The molecule has 0 spiro atoms. The van der Waals surface area contributed by atoms with Crippen molar-refractivity contribution in [2.75, 3.05) is 11.9 Å². The number of carbonyl (C=O) groups excluding carboxylic acids is 4. The van der Waals surface area contributed by atoms with Gasteiger partial charge in [-0.05, 0) is 37.3 Å². The zero-order chi connectivity index (χ0) is 19.6. The number of rotatable bonds is 5. The van der Waals surface area contributed by atoms with E-state index in [1.165, 1.54) is 37.3 Å². The number of benzene rings is 2. The van der Waals surface area contributed by atoms with Crippen molar-refractivity contribution < 1.29 is 28.3 Å². The molecule has 2 aromatic carbocycles. The van der Waals surface area contributed by atoms with Gasteiger partial charge in [-0.2, -0.15) is 0 Å². The van der Waals surface area contributed by atoms with Gasteiger partial charge in [-0.1, -0.05) is 18.2 Å². The molecule has 1 N–H and O–H groups in total. The van der Waals surface area contributed by atoms with E-state index in [1.54, 1.807) is 12.1 Å². The van der Waals surface area contributed by atoms with Gasteiger partial charge >= 0.3 is 5.97 Å². The second-order valence-corrected chi connectivity index (χ2v) is 5.87. The van der Waals surface area contributed by atoms with Crippen molar-refractivity contribution in [2.24, 2.45) is 0 Å². The van der Waals surface area contributed by atoms with E-state index in [0.717, 1.165) is 11.0 Å². The van der Waals surface area contributed by atoms with E-state index >= 15 is 0 Å². The monoisotopic (exact) mass is 370 g/mol. The normalized spacial score (nSPS) is 13.9. The first-order valence-electron chi connectivity index (χ1n) is 8.07. The van der Waals surface area contributed by atoms with Gasteiger partial charge in [-0.15, -0.1) is 0 Å². The highest BCUT2D eigenvalue weighted by Crippen LogP contribution is 2.24. The van der Waals surface area contributed by atoms with Crippen molar-refractivity contribution in [3.8, 4) is 0 Å². The first-order chi connectivity index (χ1) is 12.9. The molecule has 0 saturated carbocycles. The fraction of sp³-hybridized carbons (Fsp3) is 0.158. The molecule has 0 fully saturated rings. The number of nitrogens with one attached hydrogen (secondary N) is 1. The molecule has 1 heterocycles. The smallest absolute Gasteiger partial charge is 0.329 e. The quantitative estimate of drug-likeness (QED) is 0.642. The van der Waals surface area contributed by atoms with Gasteiger partial charge in [0, 0.05) is 5.69 Å². The van der Waals surface area contributed by atoms with E-state index in [2.05, 4.69) is 5.32 Å². The summed E-state index contributed by atoms with van der Waals surface area (Å²) in [6.45, 7) is 0.706. The van der Waals surface area contributed by atoms with Crippen molar-refractivity contribution in [1.29, 1.82) is 0 Å². The zero-order valence-electron chi connectivity index (χ0n) is 14.3. The summed E-state index contributed by atoms with van der Waals surface area (Å²) < 4.78 is 18.0. The molecule has 0 aromatic heterocycles. The molecule has 1 atom stereocenters. The van der Waals surface area contributed by atoms with E-state index in [4.69, 9.17) is 4.74 Å². The Hall–Kier alpha value is -3.55. The Balaban J connectivity index is 1.59. The third kappa shape index (κ3) is 3.69. The van der Waals surface area contributed by atoms with Gasteiger partial charge in [0.25, 0.3) is 17.7 Å². The molecule has 1 unspecified atom stereocenters. The van der Waals surface area contributed by atoms with Gasteiger partial charge in [0.05, 0.1) is 11.1 Å². The van der Waals surface area contributed by atoms with E-state index in [-0.39, 0.29) is 16.8 Å². The third-order valence-electron chi connectivity index (χ3n) is 4.01. The summed E-state index contributed by atoms with van der Waals surface area (Å²) in [6, 6.07) is 10.3. The lowest BCUT2D eigenvalue weighted by atomic mass is 10.1. The number of esters is 1. The predicted molar refractivity (Wildman–Crippen MR) is 92.4 cm³/mol. The average Bonchev–Trinajstić information content (AvgIpc) is 2.90. The minimum Gasteiger partial charge on any atom is -0.454 e. The Bertz CT molecular complexity index is 908. The maximum atomic E-state index is 13.1. The zero-order valence-corrected chi connectivity index (χ0v) is 14.3. The summed E-state index contributed by atoms with van der Waals surface area (Å²) in [4.78, 5) is 49.5. The number of nitrogens with zero attached hydrogens (tertiary/aromatic N) is 1. The average molecular weight is 370 g/mol. The van der Waals surface area contributed by atoms with Crippen LogP contribution in [0.2, 0.25) is 0 Å². The Morgan fingerprint density at radius 2 is 1.70 bits per heavy atom. The molecule has 27 heavy (non-hydrogen) atoms. The SMILES string of the molecule is CC(C(=O)OCC(=O)Nc1cccc(F)c1)N1C(=O)c2ccccc2C1=O. The molecule has 0 saturated heterocycles. The van der Waals surface area contributed by atoms with Crippen molar-refractivity contribution in [3.05, 3.63) is 65.5 Å². The number of hydrogen-bond donors (Lipinski definition) is 1. The highest BCUT2D eigenvalue weighted by Gasteiger charge is 2.41. The van der Waals surface area contributed by atoms with Gasteiger partial charge in [-0.25, -0.2) is 9.18 Å². The summed E-state index contributed by atoms with van der Waals surface area (Å²) in [6.07, 6.45) is 0. The first kappa shape index (κ1) is 18.2. The first-order valence-corrected chi connectivity index (χ1v) is 8.07. The van der Waals surface area contributed by atoms with Crippen LogP contribution in [0.1, 0.15) is 27.6 Å². The van der Waals surface area contributed by atoms with E-state index < -0.39 is 42.2 Å². The summed E-state index contributed by atoms with van der Waals surface area (Å²) in [5.74, 6) is -3.29. The standard InChI is InChI=1S/C19H15FN2O5/c1-11(22-17(24)14-7-2-3-8-15(14)18(22)25)19(26)27-10-16(23)21-13-6-4-5-12(20)9-13/h2-9,11H,10H2,1H3,(H,21,23). The van der Waals surface area contributed by atoms with Crippen molar-refractivity contribution in [3.63, 3.8) is 0 Å². The molecule has 7 nitrogen and oxygen atoms in total. The summed E-state index contributed by atoms with van der Waals surface area (Å²) in [7, 11) is 0. The molecular formula is C19H15FN2O5. The van der Waals surface area contributed by atoms with Crippen LogP contribution in [0.25, 0.3) is 0 Å². The lowest BCUT2D eigenvalue weighted by Gasteiger charge is -2.20. The number of fused-ring (bicyclic) bond motifs is 1. The lowest BCUT2D eigenvalue weighted by molar-refractivity contribution is -0.150. The van der Waals surface area contributed by atoms with Crippen LogP contribution in [0.4, 0.5) is 10.1 Å². The fourth-order valence-corrected chi connectivity index (χ4v) is 2.69. The summed E-state index contributed by atoms with van der Waals surface area (Å²) in [5, 5.41) is 2.37. The Kier molecular flexibility index (Phi) is 4.98.